The Bertz CT molecular complexity index is 757. The van der Waals surface area contributed by atoms with Crippen molar-refractivity contribution in [3.05, 3.63) is 47.8 Å². The molecule has 1 saturated heterocycles. The van der Waals surface area contributed by atoms with Gasteiger partial charge >= 0.3 is 0 Å². The van der Waals surface area contributed by atoms with Crippen molar-refractivity contribution in [2.24, 2.45) is 0 Å². The van der Waals surface area contributed by atoms with Crippen LogP contribution in [0.1, 0.15) is 16.8 Å². The van der Waals surface area contributed by atoms with E-state index in [2.05, 4.69) is 9.97 Å². The second-order valence-electron chi connectivity index (χ2n) is 5.31. The third-order valence-electron chi connectivity index (χ3n) is 3.69. The maximum Gasteiger partial charge on any atom is 0.254 e. The van der Waals surface area contributed by atoms with Gasteiger partial charge < -0.3 is 14.4 Å². The number of halogens is 2. The molecule has 8 heteroatoms. The molecule has 1 amide bonds. The van der Waals surface area contributed by atoms with E-state index in [0.29, 0.717) is 31.3 Å². The van der Waals surface area contributed by atoms with Crippen molar-refractivity contribution in [2.45, 2.75) is 12.5 Å². The summed E-state index contributed by atoms with van der Waals surface area (Å²) in [6.45, 7) is 0.788. The molecule has 0 bridgehead atoms. The van der Waals surface area contributed by atoms with E-state index >= 15 is 0 Å². The highest BCUT2D eigenvalue weighted by Crippen LogP contribution is 2.20. The fourth-order valence-corrected chi connectivity index (χ4v) is 2.48. The first-order valence-electron chi connectivity index (χ1n) is 7.34. The van der Waals surface area contributed by atoms with E-state index in [1.54, 1.807) is 0 Å². The highest BCUT2D eigenvalue weighted by atomic mass is 19.2. The normalized spacial score (nSPS) is 17.0. The number of rotatable bonds is 4. The van der Waals surface area contributed by atoms with Crippen LogP contribution >= 0.6 is 0 Å². The molecule has 1 aliphatic heterocycles. The lowest BCUT2D eigenvalue weighted by Crippen LogP contribution is -2.31. The molecule has 1 atom stereocenters. The van der Waals surface area contributed by atoms with Crippen LogP contribution in [0.15, 0.2) is 30.6 Å². The zero-order valence-electron chi connectivity index (χ0n) is 12.9. The molecule has 0 saturated carbocycles. The lowest BCUT2D eigenvalue weighted by Gasteiger charge is -2.17. The van der Waals surface area contributed by atoms with E-state index in [9.17, 15) is 13.6 Å². The standard InChI is InChI=1S/C16H15F2N3O3/c1-23-14-7-19-8-15(20-14)24-11-4-5-21(9-11)16(22)10-2-3-12(17)13(18)6-10/h2-3,6-8,11H,4-5,9H2,1H3. The summed E-state index contributed by atoms with van der Waals surface area (Å²) < 4.78 is 36.9. The molecule has 6 nitrogen and oxygen atoms in total. The predicted octanol–water partition coefficient (Wildman–Crippen LogP) is 2.06. The molecule has 0 aliphatic carbocycles. The number of benzene rings is 1. The van der Waals surface area contributed by atoms with E-state index in [0.717, 1.165) is 12.1 Å². The van der Waals surface area contributed by atoms with E-state index in [1.165, 1.54) is 30.5 Å². The van der Waals surface area contributed by atoms with Gasteiger partial charge in [0.25, 0.3) is 5.91 Å². The van der Waals surface area contributed by atoms with Gasteiger partial charge in [-0.15, -0.1) is 0 Å². The Morgan fingerprint density at radius 1 is 1.25 bits per heavy atom. The highest BCUT2D eigenvalue weighted by molar-refractivity contribution is 5.94. The van der Waals surface area contributed by atoms with Crippen molar-refractivity contribution in [2.75, 3.05) is 20.2 Å². The number of hydrogen-bond donors (Lipinski definition) is 0. The number of nitrogens with zero attached hydrogens (tertiary/aromatic N) is 3. The summed E-state index contributed by atoms with van der Waals surface area (Å²) in [6, 6.07) is 3.11. The number of methoxy groups -OCH3 is 1. The van der Waals surface area contributed by atoms with Crippen LogP contribution in [-0.2, 0) is 0 Å². The van der Waals surface area contributed by atoms with Gasteiger partial charge in [-0.05, 0) is 18.2 Å². The number of ether oxygens (including phenoxy) is 2. The van der Waals surface area contributed by atoms with Crippen LogP contribution in [0.2, 0.25) is 0 Å². The zero-order valence-corrected chi connectivity index (χ0v) is 12.9. The molecular weight excluding hydrogens is 320 g/mol. The Hall–Kier alpha value is -2.77. The van der Waals surface area contributed by atoms with Crippen LogP contribution in [0.25, 0.3) is 0 Å². The molecule has 3 rings (SSSR count). The van der Waals surface area contributed by atoms with Gasteiger partial charge in [-0.3, -0.25) is 9.78 Å². The number of hydrogen-bond acceptors (Lipinski definition) is 5. The molecule has 0 radical (unpaired) electrons. The summed E-state index contributed by atoms with van der Waals surface area (Å²) in [7, 11) is 1.48. The minimum absolute atomic E-state index is 0.107. The Morgan fingerprint density at radius 2 is 2.04 bits per heavy atom. The average molecular weight is 335 g/mol. The largest absolute Gasteiger partial charge is 0.480 e. The van der Waals surface area contributed by atoms with Gasteiger partial charge in [0.1, 0.15) is 6.10 Å². The van der Waals surface area contributed by atoms with Gasteiger partial charge in [0.05, 0.1) is 26.0 Å². The van der Waals surface area contributed by atoms with Gasteiger partial charge in [0.2, 0.25) is 11.8 Å². The maximum absolute atomic E-state index is 13.3. The molecule has 1 aromatic carbocycles. The van der Waals surface area contributed by atoms with Crippen LogP contribution in [0.3, 0.4) is 0 Å². The Morgan fingerprint density at radius 3 is 2.79 bits per heavy atom. The van der Waals surface area contributed by atoms with Gasteiger partial charge in [-0.25, -0.2) is 8.78 Å². The van der Waals surface area contributed by atoms with E-state index in [4.69, 9.17) is 9.47 Å². The summed E-state index contributed by atoms with van der Waals surface area (Å²) >= 11 is 0. The Balaban J connectivity index is 1.64. The minimum Gasteiger partial charge on any atom is -0.480 e. The van der Waals surface area contributed by atoms with Crippen molar-refractivity contribution < 1.29 is 23.0 Å². The SMILES string of the molecule is COc1cncc(OC2CCN(C(=O)c3ccc(F)c(F)c3)C2)n1. The number of likely N-dealkylation sites (tertiary alicyclic amines) is 1. The first-order valence-corrected chi connectivity index (χ1v) is 7.34. The molecule has 24 heavy (non-hydrogen) atoms. The Labute approximate surface area is 137 Å². The quantitative estimate of drug-likeness (QED) is 0.856. The first-order chi connectivity index (χ1) is 11.6. The maximum atomic E-state index is 13.3. The molecule has 126 valence electrons. The van der Waals surface area contributed by atoms with Crippen molar-refractivity contribution in [1.82, 2.24) is 14.9 Å². The van der Waals surface area contributed by atoms with Crippen LogP contribution < -0.4 is 9.47 Å². The monoisotopic (exact) mass is 335 g/mol. The number of carbonyl (C=O) groups is 1. The number of carbonyl (C=O) groups excluding carboxylic acids is 1. The molecule has 0 spiro atoms. The van der Waals surface area contributed by atoms with Crippen molar-refractivity contribution in [3.63, 3.8) is 0 Å². The summed E-state index contributed by atoms with van der Waals surface area (Å²) in [6.07, 6.45) is 3.28. The lowest BCUT2D eigenvalue weighted by molar-refractivity contribution is 0.0770. The van der Waals surface area contributed by atoms with E-state index in [-0.39, 0.29) is 17.6 Å². The van der Waals surface area contributed by atoms with Gasteiger partial charge in [0, 0.05) is 18.5 Å². The van der Waals surface area contributed by atoms with Crippen LogP contribution in [0, 0.1) is 11.6 Å². The molecule has 1 fully saturated rings. The zero-order chi connectivity index (χ0) is 17.1. The first kappa shape index (κ1) is 16.1. The fourth-order valence-electron chi connectivity index (χ4n) is 2.48. The molecule has 1 aromatic heterocycles. The Kier molecular flexibility index (Phi) is 4.54. The summed E-state index contributed by atoms with van der Waals surface area (Å²) in [4.78, 5) is 21.9. The van der Waals surface area contributed by atoms with Gasteiger partial charge in [0.15, 0.2) is 11.6 Å². The lowest BCUT2D eigenvalue weighted by atomic mass is 10.2. The van der Waals surface area contributed by atoms with Crippen LogP contribution in [0.4, 0.5) is 8.78 Å². The van der Waals surface area contributed by atoms with Crippen LogP contribution in [0.5, 0.6) is 11.8 Å². The number of amides is 1. The molecule has 2 aromatic rings. The molecule has 2 heterocycles. The minimum atomic E-state index is -1.04. The predicted molar refractivity (Wildman–Crippen MR) is 79.9 cm³/mol. The molecule has 1 unspecified atom stereocenters. The summed E-state index contributed by atoms with van der Waals surface area (Å²) in [5.41, 5.74) is 0.107. The average Bonchev–Trinajstić information content (AvgIpc) is 3.05. The van der Waals surface area contributed by atoms with E-state index in [1.807, 2.05) is 0 Å². The third-order valence-corrected chi connectivity index (χ3v) is 3.69. The second-order valence-corrected chi connectivity index (χ2v) is 5.31. The van der Waals surface area contributed by atoms with Gasteiger partial charge in [-0.1, -0.05) is 0 Å². The number of aromatic nitrogens is 2. The molecule has 0 N–H and O–H groups in total. The second kappa shape index (κ2) is 6.77. The van der Waals surface area contributed by atoms with Crippen molar-refractivity contribution >= 4 is 5.91 Å². The summed E-state index contributed by atoms with van der Waals surface area (Å²) in [5.74, 6) is -1.75. The van der Waals surface area contributed by atoms with E-state index < -0.39 is 11.6 Å². The molecule has 1 aliphatic rings. The topological polar surface area (TPSA) is 64.6 Å². The van der Waals surface area contributed by atoms with Gasteiger partial charge in [-0.2, -0.15) is 4.98 Å². The highest BCUT2D eigenvalue weighted by Gasteiger charge is 2.29. The fraction of sp³-hybridized carbons (Fsp3) is 0.312. The summed E-state index contributed by atoms with van der Waals surface area (Å²) in [5, 5.41) is 0. The smallest absolute Gasteiger partial charge is 0.254 e. The van der Waals surface area contributed by atoms with Crippen LogP contribution in [-0.4, -0.2) is 47.1 Å². The van der Waals surface area contributed by atoms with Crippen molar-refractivity contribution in [3.8, 4) is 11.8 Å². The third kappa shape index (κ3) is 3.42. The van der Waals surface area contributed by atoms with Crippen molar-refractivity contribution in [1.29, 1.82) is 0 Å². The molecular formula is C16H15F2N3O3.